The van der Waals surface area contributed by atoms with Crippen molar-refractivity contribution in [3.05, 3.63) is 45.5 Å². The zero-order chi connectivity index (χ0) is 14.8. The lowest BCUT2D eigenvalue weighted by atomic mass is 10.3. The number of carbonyl (C=O) groups excluding carboxylic acids is 1. The minimum Gasteiger partial charge on any atom is -0.289 e. The molecule has 0 bridgehead atoms. The lowest BCUT2D eigenvalue weighted by Gasteiger charge is -2.10. The maximum absolute atomic E-state index is 12.2. The summed E-state index contributed by atoms with van der Waals surface area (Å²) in [7, 11) is 0. The van der Waals surface area contributed by atoms with Crippen molar-refractivity contribution < 1.29 is 4.79 Å². The summed E-state index contributed by atoms with van der Waals surface area (Å²) in [4.78, 5) is 18.9. The van der Waals surface area contributed by atoms with Gasteiger partial charge in [0.2, 0.25) is 0 Å². The van der Waals surface area contributed by atoms with Crippen LogP contribution in [0.2, 0.25) is 0 Å². The van der Waals surface area contributed by atoms with Crippen LogP contribution in [0.1, 0.15) is 5.69 Å². The molecule has 0 aromatic carbocycles. The molecule has 0 atom stereocenters. The number of nitrogens with zero attached hydrogens (tertiary/aromatic N) is 2. The number of thiazole rings is 1. The van der Waals surface area contributed by atoms with Crippen LogP contribution in [0.25, 0.3) is 16.6 Å². The molecule has 0 N–H and O–H groups in total. The van der Waals surface area contributed by atoms with Gasteiger partial charge in [-0.25, -0.2) is 4.98 Å². The summed E-state index contributed by atoms with van der Waals surface area (Å²) < 4.78 is 0.569. The highest BCUT2D eigenvalue weighted by atomic mass is 32.2. The van der Waals surface area contributed by atoms with Gasteiger partial charge in [0.05, 0.1) is 10.6 Å². The molecule has 1 amide bonds. The Hall–Kier alpha value is -1.28. The van der Waals surface area contributed by atoms with E-state index in [0.29, 0.717) is 15.8 Å². The van der Waals surface area contributed by atoms with E-state index in [9.17, 15) is 4.79 Å². The average molecular weight is 351 g/mol. The topological polar surface area (TPSA) is 33.2 Å². The van der Waals surface area contributed by atoms with Crippen LogP contribution in [0.5, 0.6) is 0 Å². The number of amides is 1. The maximum atomic E-state index is 12.2. The molecular formula is C14H10N2OS4. The number of hydrogen-bond acceptors (Lipinski definition) is 6. The number of thiophene rings is 1. The average Bonchev–Trinajstić information content (AvgIpc) is 3.17. The number of hydrogen-bond donors (Lipinski definition) is 0. The van der Waals surface area contributed by atoms with E-state index in [1.54, 1.807) is 39.7 Å². The molecule has 1 fully saturated rings. The standard InChI is InChI=1S/C14H10N2OS4/c1-2-4-16-13(17)11(21-14(16)18)6-10-8-20-12(15-10)9-3-5-19-7-9/h2-3,5-8H,1,4H2/b11-6-. The molecule has 21 heavy (non-hydrogen) atoms. The van der Waals surface area contributed by atoms with E-state index >= 15 is 0 Å². The summed E-state index contributed by atoms with van der Waals surface area (Å²) in [5.74, 6) is -0.0741. The number of thiocarbonyl (C=S) groups is 1. The molecule has 106 valence electrons. The maximum Gasteiger partial charge on any atom is 0.266 e. The normalized spacial score (nSPS) is 17.0. The first kappa shape index (κ1) is 14.6. The largest absolute Gasteiger partial charge is 0.289 e. The Morgan fingerprint density at radius 2 is 2.29 bits per heavy atom. The third-order valence-corrected chi connectivity index (χ3v) is 5.72. The van der Waals surface area contributed by atoms with Gasteiger partial charge in [0.15, 0.2) is 0 Å². The molecule has 2 aromatic rings. The predicted octanol–water partition coefficient (Wildman–Crippen LogP) is 4.26. The Morgan fingerprint density at radius 3 is 3.00 bits per heavy atom. The number of rotatable bonds is 4. The smallest absolute Gasteiger partial charge is 0.266 e. The molecule has 1 aliphatic heterocycles. The first-order valence-electron chi connectivity index (χ1n) is 6.03. The highest BCUT2D eigenvalue weighted by Crippen LogP contribution is 2.33. The third-order valence-electron chi connectivity index (χ3n) is 2.75. The number of carbonyl (C=O) groups is 1. The van der Waals surface area contributed by atoms with Crippen molar-refractivity contribution in [2.75, 3.05) is 6.54 Å². The molecule has 3 heterocycles. The molecule has 0 unspecified atom stereocenters. The van der Waals surface area contributed by atoms with Crippen molar-refractivity contribution >= 4 is 63.0 Å². The quantitative estimate of drug-likeness (QED) is 0.469. The van der Waals surface area contributed by atoms with Crippen LogP contribution < -0.4 is 0 Å². The van der Waals surface area contributed by atoms with Crippen molar-refractivity contribution in [3.8, 4) is 10.6 Å². The second-order valence-corrected chi connectivity index (χ2v) is 7.48. The zero-order valence-electron chi connectivity index (χ0n) is 10.8. The van der Waals surface area contributed by atoms with Gasteiger partial charge in [-0.05, 0) is 17.5 Å². The van der Waals surface area contributed by atoms with Crippen LogP contribution in [0, 0.1) is 0 Å². The summed E-state index contributed by atoms with van der Waals surface area (Å²) in [6, 6.07) is 2.04. The zero-order valence-corrected chi connectivity index (χ0v) is 14.1. The number of aromatic nitrogens is 1. The molecule has 0 saturated carbocycles. The van der Waals surface area contributed by atoms with Crippen LogP contribution in [0.4, 0.5) is 0 Å². The van der Waals surface area contributed by atoms with Gasteiger partial charge in [-0.1, -0.05) is 30.1 Å². The van der Waals surface area contributed by atoms with Gasteiger partial charge in [0.1, 0.15) is 9.33 Å². The second kappa shape index (κ2) is 6.23. The monoisotopic (exact) mass is 350 g/mol. The lowest BCUT2D eigenvalue weighted by molar-refractivity contribution is -0.121. The van der Waals surface area contributed by atoms with E-state index in [1.807, 2.05) is 16.8 Å². The van der Waals surface area contributed by atoms with Gasteiger partial charge in [-0.3, -0.25) is 9.69 Å². The molecule has 1 aliphatic rings. The van der Waals surface area contributed by atoms with Gasteiger partial charge in [0, 0.05) is 22.9 Å². The molecule has 0 aliphatic carbocycles. The fourth-order valence-corrected chi connectivity index (χ4v) is 4.54. The molecule has 2 aromatic heterocycles. The fourth-order valence-electron chi connectivity index (χ4n) is 1.79. The summed E-state index contributed by atoms with van der Waals surface area (Å²) in [6.07, 6.45) is 3.47. The van der Waals surface area contributed by atoms with Crippen molar-refractivity contribution in [3.63, 3.8) is 0 Å². The van der Waals surface area contributed by atoms with Crippen molar-refractivity contribution in [1.29, 1.82) is 0 Å². The third kappa shape index (κ3) is 3.01. The first-order valence-corrected chi connectivity index (χ1v) is 9.08. The van der Waals surface area contributed by atoms with Gasteiger partial charge < -0.3 is 0 Å². The highest BCUT2D eigenvalue weighted by Gasteiger charge is 2.31. The Bertz CT molecular complexity index is 730. The summed E-state index contributed by atoms with van der Waals surface area (Å²) in [5.41, 5.74) is 1.91. The van der Waals surface area contributed by atoms with E-state index in [4.69, 9.17) is 12.2 Å². The minimum absolute atomic E-state index is 0.0741. The molecule has 3 rings (SSSR count). The van der Waals surface area contributed by atoms with E-state index in [-0.39, 0.29) is 5.91 Å². The highest BCUT2D eigenvalue weighted by molar-refractivity contribution is 8.26. The second-order valence-electron chi connectivity index (χ2n) is 4.17. The van der Waals surface area contributed by atoms with Gasteiger partial charge >= 0.3 is 0 Å². The molecule has 0 spiro atoms. The summed E-state index contributed by atoms with van der Waals surface area (Å²) in [6.45, 7) is 4.09. The Labute approximate surface area is 140 Å². The molecule has 0 radical (unpaired) electrons. The number of thioether (sulfide) groups is 1. The van der Waals surface area contributed by atoms with Crippen molar-refractivity contribution in [2.45, 2.75) is 0 Å². The van der Waals surface area contributed by atoms with Gasteiger partial charge in [0.25, 0.3) is 5.91 Å². The van der Waals surface area contributed by atoms with Gasteiger partial charge in [-0.2, -0.15) is 11.3 Å². The summed E-state index contributed by atoms with van der Waals surface area (Å²) >= 11 is 9.74. The van der Waals surface area contributed by atoms with Crippen LogP contribution in [-0.4, -0.2) is 26.7 Å². The molecule has 1 saturated heterocycles. The van der Waals surface area contributed by atoms with E-state index in [1.165, 1.54) is 11.8 Å². The summed E-state index contributed by atoms with van der Waals surface area (Å²) in [5, 5.41) is 7.00. The van der Waals surface area contributed by atoms with Crippen LogP contribution in [0.3, 0.4) is 0 Å². The van der Waals surface area contributed by atoms with Crippen LogP contribution in [-0.2, 0) is 4.79 Å². The first-order chi connectivity index (χ1) is 10.2. The van der Waals surface area contributed by atoms with Crippen LogP contribution in [0.15, 0.2) is 39.8 Å². The van der Waals surface area contributed by atoms with E-state index in [2.05, 4.69) is 16.9 Å². The van der Waals surface area contributed by atoms with Gasteiger partial charge in [-0.15, -0.1) is 17.9 Å². The van der Waals surface area contributed by atoms with Crippen LogP contribution >= 0.6 is 46.7 Å². The Balaban J connectivity index is 1.84. The Morgan fingerprint density at radius 1 is 1.43 bits per heavy atom. The van der Waals surface area contributed by atoms with E-state index < -0.39 is 0 Å². The molecular weight excluding hydrogens is 340 g/mol. The predicted molar refractivity (Wildman–Crippen MR) is 95.5 cm³/mol. The minimum atomic E-state index is -0.0741. The van der Waals surface area contributed by atoms with E-state index in [0.717, 1.165) is 16.3 Å². The fraction of sp³-hybridized carbons (Fsp3) is 0.0714. The molecule has 7 heteroatoms. The van der Waals surface area contributed by atoms with Crippen molar-refractivity contribution in [2.24, 2.45) is 0 Å². The molecule has 3 nitrogen and oxygen atoms in total. The Kier molecular flexibility index (Phi) is 4.34. The van der Waals surface area contributed by atoms with Crippen molar-refractivity contribution in [1.82, 2.24) is 9.88 Å². The SMILES string of the molecule is C=CCN1C(=O)/C(=C/c2csc(-c3ccsc3)n2)SC1=S. The lowest BCUT2D eigenvalue weighted by Crippen LogP contribution is -2.27.